The highest BCUT2D eigenvalue weighted by Crippen LogP contribution is 2.26. The summed E-state index contributed by atoms with van der Waals surface area (Å²) in [4.78, 5) is 99.2. The molecular weight excluding hydrogens is 1370 g/mol. The van der Waals surface area contributed by atoms with Crippen LogP contribution in [0, 0.1) is 16.2 Å². The molecule has 8 aromatic rings. The van der Waals surface area contributed by atoms with Crippen molar-refractivity contribution in [2.45, 2.75) is 165 Å². The molecule has 556 valence electrons. The summed E-state index contributed by atoms with van der Waals surface area (Å²) in [6.07, 6.45) is -1.72. The predicted octanol–water partition coefficient (Wildman–Crippen LogP) is 10.8. The van der Waals surface area contributed by atoms with E-state index in [-0.39, 0.29) is 83.9 Å². The lowest BCUT2D eigenvalue weighted by Gasteiger charge is -2.21. The molecule has 105 heavy (non-hydrogen) atoms. The maximum Gasteiger partial charge on any atom is 0.407 e. The number of alkyl carbamates (subject to hydrolysis) is 3. The van der Waals surface area contributed by atoms with E-state index in [9.17, 15) is 42.6 Å². The monoisotopic (exact) mass is 1460 g/mol. The molecule has 7 amide bonds. The second-order valence-electron chi connectivity index (χ2n) is 29.9. The lowest BCUT2D eigenvalue weighted by molar-refractivity contribution is -0.123. The Bertz CT molecular complexity index is 4160. The van der Waals surface area contributed by atoms with Crippen LogP contribution in [0.25, 0.3) is 34.2 Å². The van der Waals surface area contributed by atoms with E-state index in [2.05, 4.69) is 93.1 Å². The third-order valence-electron chi connectivity index (χ3n) is 13.8. The molecule has 1 unspecified atom stereocenters. The second-order valence-corrected chi connectivity index (χ2v) is 31.3. The molecule has 0 radical (unpaired) electrons. The maximum atomic E-state index is 13.1. The van der Waals surface area contributed by atoms with Gasteiger partial charge in [-0.2, -0.15) is 0 Å². The van der Waals surface area contributed by atoms with Crippen LogP contribution in [0.1, 0.15) is 163 Å². The number of aromatic nitrogens is 12. The molecule has 0 aliphatic rings. The Morgan fingerprint density at radius 2 is 0.714 bits per heavy atom. The van der Waals surface area contributed by atoms with Crippen LogP contribution in [0.15, 0.2) is 131 Å². The molecule has 3 aromatic heterocycles. The standard InChI is InChI=1S/C26H30N6O4.C25H30N6O4S.C22H31N7O4/c1-25(2,3)23(34)27-18-13-11-16(12-14-18)21-29-31-22(32-30-21)20(33)19-10-8-7-9-17(19)15-36-24(35)28-26(4,5)6;1-24(2,3)21(32)26-18-13-11-16(12-14-18)20-28-30-22(31-29-20)36(34)19-10-8-7-9-17(19)15-35-23(33)27-25(4,5)6;1-21(2,3)19(31)23-15-10-8-14(9-11-15)16-25-27-17(28-26-16)18(30)29(7)12-13-33-20(32)24-22(4,5)6/h7-14H,15H2,1-6H3,(H,27,34)(H,28,35);7-14H,15H2,1-6H3,(H,26,32)(H,27,33);8-11H,12-13H2,1-7H3,(H,23,31)(H,24,32). The molecule has 0 bridgehead atoms. The van der Waals surface area contributed by atoms with Crippen molar-refractivity contribution in [1.29, 1.82) is 0 Å². The smallest absolute Gasteiger partial charge is 0.407 e. The fourth-order valence-electron chi connectivity index (χ4n) is 8.09. The average Bonchev–Trinajstić information content (AvgIpc) is 0.828. The molecule has 1 atom stereocenters. The van der Waals surface area contributed by atoms with Gasteiger partial charge in [0.25, 0.3) is 16.9 Å². The van der Waals surface area contributed by atoms with Crippen LogP contribution in [0.2, 0.25) is 0 Å². The Morgan fingerprint density at radius 1 is 0.390 bits per heavy atom. The summed E-state index contributed by atoms with van der Waals surface area (Å²) >= 11 is 0. The molecular formula is C73H91N19O12S. The molecule has 0 aliphatic carbocycles. The van der Waals surface area contributed by atoms with E-state index in [4.69, 9.17) is 14.2 Å². The van der Waals surface area contributed by atoms with Gasteiger partial charge < -0.3 is 51.0 Å². The average molecular weight is 1460 g/mol. The molecule has 0 aliphatic heterocycles. The topological polar surface area (TPSA) is 411 Å². The molecule has 0 spiro atoms. The number of hydrogen-bond acceptors (Lipinski definition) is 24. The number of ether oxygens (including phenoxy) is 3. The summed E-state index contributed by atoms with van der Waals surface area (Å²) in [7, 11) is -0.245. The fraction of sp³-hybridized carbons (Fsp3) is 0.397. The van der Waals surface area contributed by atoms with Crippen LogP contribution in [-0.2, 0) is 52.6 Å². The number of rotatable bonds is 18. The predicted molar refractivity (Wildman–Crippen MR) is 392 cm³/mol. The van der Waals surface area contributed by atoms with Crippen molar-refractivity contribution in [2.24, 2.45) is 16.2 Å². The van der Waals surface area contributed by atoms with E-state index in [1.165, 1.54) is 11.9 Å². The molecule has 0 fully saturated rings. The largest absolute Gasteiger partial charge is 0.448 e. The molecule has 6 N–H and O–H groups in total. The third-order valence-corrected chi connectivity index (χ3v) is 15.1. The highest BCUT2D eigenvalue weighted by Gasteiger charge is 2.27. The minimum absolute atomic E-state index is 0.0151. The van der Waals surface area contributed by atoms with E-state index in [1.807, 2.05) is 125 Å². The van der Waals surface area contributed by atoms with Crippen molar-refractivity contribution in [2.75, 3.05) is 36.1 Å². The maximum absolute atomic E-state index is 13.1. The summed E-state index contributed by atoms with van der Waals surface area (Å²) in [5.74, 6) is -0.907. The number of likely N-dealkylation sites (N-methyl/N-ethyl adjacent to an activating group) is 1. The highest BCUT2D eigenvalue weighted by molar-refractivity contribution is 7.85. The summed E-state index contributed by atoms with van der Waals surface area (Å²) in [5, 5.41) is 64.4. The lowest BCUT2D eigenvalue weighted by Crippen LogP contribution is -2.42. The first kappa shape index (κ1) is 82.4. The number of ketones is 1. The summed E-state index contributed by atoms with van der Waals surface area (Å²) in [6.45, 7) is 33.1. The Balaban J connectivity index is 0.000000247. The van der Waals surface area contributed by atoms with Crippen LogP contribution in [0.4, 0.5) is 31.4 Å². The van der Waals surface area contributed by atoms with Gasteiger partial charge in [0.15, 0.2) is 0 Å². The van der Waals surface area contributed by atoms with Gasteiger partial charge >= 0.3 is 18.3 Å². The lowest BCUT2D eigenvalue weighted by atomic mass is 9.95. The zero-order chi connectivity index (χ0) is 77.8. The van der Waals surface area contributed by atoms with E-state index in [1.54, 1.807) is 121 Å². The van der Waals surface area contributed by atoms with Gasteiger partial charge in [-0.05, 0) is 141 Å². The first-order chi connectivity index (χ1) is 48.9. The number of amides is 7. The summed E-state index contributed by atoms with van der Waals surface area (Å²) in [5.41, 5.74) is 2.36. The number of anilines is 3. The highest BCUT2D eigenvalue weighted by atomic mass is 32.2. The third kappa shape index (κ3) is 27.0. The van der Waals surface area contributed by atoms with Crippen molar-refractivity contribution in [3.05, 3.63) is 150 Å². The van der Waals surface area contributed by atoms with Gasteiger partial charge in [0.05, 0.1) is 11.4 Å². The number of carbonyl (C=O) groups is 8. The minimum atomic E-state index is -1.78. The second kappa shape index (κ2) is 35.5. The van der Waals surface area contributed by atoms with Crippen LogP contribution >= 0.6 is 0 Å². The van der Waals surface area contributed by atoms with Crippen LogP contribution in [-0.4, -0.2) is 155 Å². The number of carbonyl (C=O) groups excluding carboxylic acids is 8. The molecule has 0 saturated heterocycles. The fourth-order valence-corrected chi connectivity index (χ4v) is 9.09. The van der Waals surface area contributed by atoms with Gasteiger partial charge in [0.1, 0.15) is 30.6 Å². The van der Waals surface area contributed by atoms with Gasteiger partial charge in [-0.15, -0.1) is 61.2 Å². The normalized spacial score (nSPS) is 11.8. The van der Waals surface area contributed by atoms with Crippen molar-refractivity contribution in [3.63, 3.8) is 0 Å². The van der Waals surface area contributed by atoms with Gasteiger partial charge in [-0.1, -0.05) is 105 Å². The van der Waals surface area contributed by atoms with Gasteiger partial charge in [-0.3, -0.25) is 24.0 Å². The van der Waals surface area contributed by atoms with Gasteiger partial charge in [0.2, 0.25) is 46.8 Å². The molecule has 3 heterocycles. The van der Waals surface area contributed by atoms with E-state index >= 15 is 0 Å². The van der Waals surface area contributed by atoms with Crippen LogP contribution < -0.4 is 31.9 Å². The van der Waals surface area contributed by atoms with E-state index < -0.39 is 73.6 Å². The summed E-state index contributed by atoms with van der Waals surface area (Å²) < 4.78 is 28.7. The molecule has 0 saturated carbocycles. The van der Waals surface area contributed by atoms with Crippen molar-refractivity contribution in [1.82, 2.24) is 82.0 Å². The molecule has 32 heteroatoms. The van der Waals surface area contributed by atoms with Gasteiger partial charge in [-0.25, -0.2) is 18.6 Å². The minimum Gasteiger partial charge on any atom is -0.448 e. The molecule has 8 rings (SSSR count). The first-order valence-corrected chi connectivity index (χ1v) is 34.3. The Morgan fingerprint density at radius 3 is 1.09 bits per heavy atom. The van der Waals surface area contributed by atoms with E-state index in [0.717, 1.165) is 0 Å². The van der Waals surface area contributed by atoms with Crippen molar-refractivity contribution in [3.8, 4) is 34.2 Å². The first-order valence-electron chi connectivity index (χ1n) is 33.1. The van der Waals surface area contributed by atoms with Crippen molar-refractivity contribution < 1.29 is 56.8 Å². The summed E-state index contributed by atoms with van der Waals surface area (Å²) in [6, 6.07) is 34.4. The van der Waals surface area contributed by atoms with Gasteiger partial charge in [0, 0.05) is 90.4 Å². The Hall–Kier alpha value is -11.6. The molecule has 5 aromatic carbocycles. The number of benzene rings is 5. The van der Waals surface area contributed by atoms with Crippen LogP contribution in [0.3, 0.4) is 0 Å². The zero-order valence-corrected chi connectivity index (χ0v) is 63.3. The van der Waals surface area contributed by atoms with E-state index in [0.29, 0.717) is 49.8 Å². The zero-order valence-electron chi connectivity index (χ0n) is 62.5. The number of nitrogens with one attached hydrogen (secondary N) is 6. The SMILES string of the molecule is CC(C)(C)NC(=O)OCc1ccccc1C(=O)c1nnc(-c2ccc(NC(=O)C(C)(C)C)cc2)nn1.CC(C)(C)NC(=O)OCc1ccccc1S(=O)c1nnc(-c2ccc(NC(=O)C(C)(C)C)cc2)nn1.CN(CCOC(=O)NC(C)(C)C)C(=O)c1nnc(-c2ccc(NC(=O)C(C)(C)C)cc2)nn1. The molecule has 31 nitrogen and oxygen atoms in total. The number of nitrogens with zero attached hydrogens (tertiary/aromatic N) is 13. The Labute approximate surface area is 612 Å². The Kier molecular flexibility index (Phi) is 27.9. The quantitative estimate of drug-likeness (QED) is 0.0343. The van der Waals surface area contributed by atoms with Crippen molar-refractivity contribution >= 4 is 75.6 Å². The number of hydrogen-bond donors (Lipinski definition) is 6. The van der Waals surface area contributed by atoms with Crippen LogP contribution in [0.5, 0.6) is 0 Å².